The van der Waals surface area contributed by atoms with Gasteiger partial charge in [-0.2, -0.15) is 0 Å². The van der Waals surface area contributed by atoms with Gasteiger partial charge < -0.3 is 25.1 Å². The number of nitrogens with one attached hydrogen (secondary N) is 3. The van der Waals surface area contributed by atoms with E-state index in [0.717, 1.165) is 63.0 Å². The van der Waals surface area contributed by atoms with Gasteiger partial charge in [0.15, 0.2) is 0 Å². The normalized spacial score (nSPS) is 14.1. The number of piperazine rings is 1. The maximum atomic E-state index is 14.0. The van der Waals surface area contributed by atoms with Gasteiger partial charge in [-0.3, -0.25) is 4.98 Å². The molecule has 2 aromatic carbocycles. The number of H-pyrrole nitrogens is 2. The lowest BCUT2D eigenvalue weighted by molar-refractivity contribution is 0.164. The molecule has 41 heavy (non-hydrogen) atoms. The molecule has 3 N–H and O–H groups in total. The van der Waals surface area contributed by atoms with Crippen LogP contribution >= 0.6 is 0 Å². The van der Waals surface area contributed by atoms with Crippen molar-refractivity contribution in [1.29, 1.82) is 0 Å². The summed E-state index contributed by atoms with van der Waals surface area (Å²) in [6.45, 7) is 3.09. The van der Waals surface area contributed by atoms with Crippen LogP contribution in [0.25, 0.3) is 55.7 Å². The van der Waals surface area contributed by atoms with Gasteiger partial charge in [0.25, 0.3) is 0 Å². The molecule has 0 spiro atoms. The average Bonchev–Trinajstić information content (AvgIpc) is 3.61. The zero-order chi connectivity index (χ0) is 27.9. The monoisotopic (exact) mass is 546 g/mol. The van der Waals surface area contributed by atoms with Gasteiger partial charge in [-0.1, -0.05) is 24.3 Å². The smallest absolute Gasteiger partial charge is 0.321 e. The van der Waals surface area contributed by atoms with Crippen molar-refractivity contribution in [3.63, 3.8) is 0 Å². The molecule has 9 nitrogen and oxygen atoms in total. The first kappa shape index (κ1) is 24.9. The first-order chi connectivity index (χ1) is 20.0. The third-order valence-corrected chi connectivity index (χ3v) is 7.55. The molecule has 6 aromatic rings. The van der Waals surface area contributed by atoms with E-state index in [1.165, 1.54) is 12.1 Å². The van der Waals surface area contributed by atoms with Gasteiger partial charge in [0.2, 0.25) is 0 Å². The van der Waals surface area contributed by atoms with E-state index in [1.807, 2.05) is 47.5 Å². The highest BCUT2D eigenvalue weighted by molar-refractivity contribution is 5.99. The lowest BCUT2D eigenvalue weighted by atomic mass is 10.0. The van der Waals surface area contributed by atoms with Gasteiger partial charge in [-0.05, 0) is 42.9 Å². The molecular formula is C31H27FN8O. The van der Waals surface area contributed by atoms with Crippen molar-refractivity contribution in [2.45, 2.75) is 0 Å². The van der Waals surface area contributed by atoms with E-state index >= 15 is 0 Å². The Hall–Kier alpha value is -5.09. The molecule has 5 heterocycles. The van der Waals surface area contributed by atoms with Crippen LogP contribution in [0.2, 0.25) is 0 Å². The van der Waals surface area contributed by atoms with Crippen LogP contribution in [0, 0.1) is 5.82 Å². The van der Waals surface area contributed by atoms with Crippen molar-refractivity contribution >= 4 is 33.8 Å². The van der Waals surface area contributed by atoms with E-state index in [9.17, 15) is 9.18 Å². The molecule has 0 unspecified atom stereocenters. The van der Waals surface area contributed by atoms with Crippen LogP contribution < -0.4 is 5.32 Å². The first-order valence-corrected chi connectivity index (χ1v) is 13.4. The molecule has 0 aliphatic carbocycles. The topological polar surface area (TPSA) is 106 Å². The second-order valence-electron chi connectivity index (χ2n) is 10.3. The zero-order valence-electron chi connectivity index (χ0n) is 22.4. The van der Waals surface area contributed by atoms with Crippen LogP contribution in [0.15, 0.2) is 79.4 Å². The number of carbonyl (C=O) groups excluding carboxylic acids is 1. The number of nitrogens with zero attached hydrogens (tertiary/aromatic N) is 5. The quantitative estimate of drug-likeness (QED) is 0.261. The van der Waals surface area contributed by atoms with E-state index < -0.39 is 0 Å². The molecule has 0 radical (unpaired) electrons. The molecule has 0 atom stereocenters. The van der Waals surface area contributed by atoms with Crippen molar-refractivity contribution in [2.24, 2.45) is 0 Å². The standard InChI is InChI=1S/C31H27FN8O/c1-39-8-10-40(11-9-39)31(41)36-23-13-20(15-33-17-23)21-14-25-26(18-35-29(25)34-16-21)30-37-27-7-3-6-24(28(27)38-30)19-4-2-5-22(32)12-19/h2-7,12-18H,8-11H2,1H3,(H,34,35)(H,36,41)(H,37,38). The summed E-state index contributed by atoms with van der Waals surface area (Å²) in [4.78, 5) is 37.4. The van der Waals surface area contributed by atoms with Crippen LogP contribution in [-0.2, 0) is 0 Å². The molecule has 1 aliphatic heterocycles. The number of fused-ring (bicyclic) bond motifs is 2. The molecule has 204 valence electrons. The fourth-order valence-electron chi connectivity index (χ4n) is 5.28. The lowest BCUT2D eigenvalue weighted by Gasteiger charge is -2.32. The minimum Gasteiger partial charge on any atom is -0.345 e. The summed E-state index contributed by atoms with van der Waals surface area (Å²) >= 11 is 0. The van der Waals surface area contributed by atoms with Crippen molar-refractivity contribution in [2.75, 3.05) is 38.5 Å². The maximum Gasteiger partial charge on any atom is 0.321 e. The van der Waals surface area contributed by atoms with Gasteiger partial charge in [0.05, 0.1) is 22.9 Å². The predicted octanol–water partition coefficient (Wildman–Crippen LogP) is 5.75. The second-order valence-corrected chi connectivity index (χ2v) is 10.3. The summed E-state index contributed by atoms with van der Waals surface area (Å²) in [6, 6.07) is 16.2. The van der Waals surface area contributed by atoms with Gasteiger partial charge >= 0.3 is 6.03 Å². The second kappa shape index (κ2) is 10.1. The molecule has 7 rings (SSSR count). The summed E-state index contributed by atoms with van der Waals surface area (Å²) in [5, 5.41) is 3.87. The minimum absolute atomic E-state index is 0.124. The van der Waals surface area contributed by atoms with E-state index in [-0.39, 0.29) is 11.8 Å². The predicted molar refractivity (Wildman–Crippen MR) is 158 cm³/mol. The summed E-state index contributed by atoms with van der Waals surface area (Å²) in [5.41, 5.74) is 7.15. The summed E-state index contributed by atoms with van der Waals surface area (Å²) in [7, 11) is 2.06. The molecule has 4 aromatic heterocycles. The number of halogens is 1. The number of anilines is 1. The number of para-hydroxylation sites is 1. The van der Waals surface area contributed by atoms with E-state index in [4.69, 9.17) is 4.98 Å². The summed E-state index contributed by atoms with van der Waals surface area (Å²) in [6.07, 6.45) is 7.07. The lowest BCUT2D eigenvalue weighted by Crippen LogP contribution is -2.48. The summed E-state index contributed by atoms with van der Waals surface area (Å²) in [5.74, 6) is 0.392. The third kappa shape index (κ3) is 4.78. The molecule has 0 saturated carbocycles. The highest BCUT2D eigenvalue weighted by Crippen LogP contribution is 2.34. The molecule has 1 aliphatic rings. The Morgan fingerprint density at radius 3 is 2.61 bits per heavy atom. The number of benzene rings is 2. The van der Waals surface area contributed by atoms with Crippen molar-refractivity contribution < 1.29 is 9.18 Å². The molecule has 0 bridgehead atoms. The van der Waals surface area contributed by atoms with Crippen LogP contribution in [0.4, 0.5) is 14.9 Å². The Kier molecular flexibility index (Phi) is 6.16. The van der Waals surface area contributed by atoms with E-state index in [2.05, 4.69) is 37.2 Å². The van der Waals surface area contributed by atoms with Crippen LogP contribution in [-0.4, -0.2) is 74.0 Å². The number of aromatic amines is 2. The number of aromatic nitrogens is 5. The van der Waals surface area contributed by atoms with Crippen LogP contribution in [0.1, 0.15) is 0 Å². The van der Waals surface area contributed by atoms with E-state index in [1.54, 1.807) is 24.7 Å². The van der Waals surface area contributed by atoms with Crippen molar-refractivity contribution in [3.8, 4) is 33.6 Å². The molecule has 1 fully saturated rings. The van der Waals surface area contributed by atoms with Crippen LogP contribution in [0.5, 0.6) is 0 Å². The number of likely N-dealkylation sites (N-methyl/N-ethyl adjacent to an activating group) is 1. The molecule has 2 amide bonds. The van der Waals surface area contributed by atoms with Crippen LogP contribution in [0.3, 0.4) is 0 Å². The largest absolute Gasteiger partial charge is 0.345 e. The average molecular weight is 547 g/mol. The Morgan fingerprint density at radius 2 is 1.76 bits per heavy atom. The zero-order valence-corrected chi connectivity index (χ0v) is 22.4. The van der Waals surface area contributed by atoms with Gasteiger partial charge in [-0.15, -0.1) is 0 Å². The number of pyridine rings is 2. The molecular weight excluding hydrogens is 519 g/mol. The van der Waals surface area contributed by atoms with Crippen molar-refractivity contribution in [1.82, 2.24) is 34.7 Å². The fraction of sp³-hybridized carbons (Fsp3) is 0.161. The van der Waals surface area contributed by atoms with Gasteiger partial charge in [0.1, 0.15) is 17.3 Å². The number of urea groups is 1. The Morgan fingerprint density at radius 1 is 0.927 bits per heavy atom. The number of imidazole rings is 1. The molecule has 1 saturated heterocycles. The highest BCUT2D eigenvalue weighted by Gasteiger charge is 2.20. The Labute approximate surface area is 235 Å². The number of hydrogen-bond acceptors (Lipinski definition) is 5. The first-order valence-electron chi connectivity index (χ1n) is 13.4. The maximum absolute atomic E-state index is 14.0. The fourth-order valence-corrected chi connectivity index (χ4v) is 5.28. The van der Waals surface area contributed by atoms with Gasteiger partial charge in [0, 0.05) is 72.4 Å². The Bertz CT molecular complexity index is 1900. The number of carbonyl (C=O) groups is 1. The number of hydrogen-bond donors (Lipinski definition) is 3. The number of amides is 2. The molecule has 10 heteroatoms. The SMILES string of the molecule is CN1CCN(C(=O)Nc2cncc(-c3cnc4[nH]cc(-c5nc6c(-c7cccc(F)c7)cccc6[nH]5)c4c3)c2)CC1. The highest BCUT2D eigenvalue weighted by atomic mass is 19.1. The summed E-state index contributed by atoms with van der Waals surface area (Å²) < 4.78 is 14.0. The minimum atomic E-state index is -0.289. The number of rotatable bonds is 4. The Balaban J connectivity index is 1.21. The van der Waals surface area contributed by atoms with E-state index in [0.29, 0.717) is 24.6 Å². The third-order valence-electron chi connectivity index (χ3n) is 7.55. The van der Waals surface area contributed by atoms with Gasteiger partial charge in [-0.25, -0.2) is 19.2 Å². The van der Waals surface area contributed by atoms with Crippen molar-refractivity contribution in [3.05, 3.63) is 85.2 Å².